The van der Waals surface area contributed by atoms with Crippen molar-refractivity contribution in [3.8, 4) is 6.07 Å². The summed E-state index contributed by atoms with van der Waals surface area (Å²) in [6.07, 6.45) is -4.65. The zero-order valence-corrected chi connectivity index (χ0v) is 8.13. The van der Waals surface area contributed by atoms with Crippen molar-refractivity contribution in [3.63, 3.8) is 0 Å². The molecule has 1 heterocycles. The summed E-state index contributed by atoms with van der Waals surface area (Å²) in [5, 5.41) is 11.9. The first-order valence-corrected chi connectivity index (χ1v) is 4.14. The smallest absolute Gasteiger partial charge is 0.383 e. The van der Waals surface area contributed by atoms with Crippen molar-refractivity contribution in [1.29, 1.82) is 5.26 Å². The van der Waals surface area contributed by atoms with Gasteiger partial charge >= 0.3 is 6.18 Å². The predicted molar refractivity (Wildman–Crippen MR) is 46.7 cm³/mol. The van der Waals surface area contributed by atoms with Crippen molar-refractivity contribution in [1.82, 2.24) is 9.78 Å². The van der Waals surface area contributed by atoms with Crippen LogP contribution < -0.4 is 5.73 Å². The molecule has 0 atom stereocenters. The zero-order valence-electron chi connectivity index (χ0n) is 8.13. The third kappa shape index (κ3) is 1.88. The highest BCUT2D eigenvalue weighted by Gasteiger charge is 2.39. The summed E-state index contributed by atoms with van der Waals surface area (Å²) in [6, 6.07) is 1.09. The first kappa shape index (κ1) is 11.4. The number of nitrogens with two attached hydrogens (primary N) is 1. The molecule has 1 aromatic heterocycles. The molecule has 0 spiro atoms. The minimum absolute atomic E-state index is 0.250. The number of halogens is 3. The largest absolute Gasteiger partial charge is 0.436 e. The van der Waals surface area contributed by atoms with E-state index >= 15 is 0 Å². The van der Waals surface area contributed by atoms with Crippen LogP contribution in [0.1, 0.15) is 31.1 Å². The number of nitriles is 1. The van der Waals surface area contributed by atoms with Crippen LogP contribution in [0, 0.1) is 11.3 Å². The lowest BCUT2D eigenvalue weighted by Gasteiger charge is -2.06. The van der Waals surface area contributed by atoms with Gasteiger partial charge in [-0.05, 0) is 13.8 Å². The lowest BCUT2D eigenvalue weighted by molar-refractivity contribution is -0.141. The van der Waals surface area contributed by atoms with Crippen LogP contribution in [0.2, 0.25) is 0 Å². The molecule has 82 valence electrons. The van der Waals surface area contributed by atoms with Crippen molar-refractivity contribution in [3.05, 3.63) is 11.3 Å². The van der Waals surface area contributed by atoms with Crippen LogP contribution in [0.15, 0.2) is 0 Å². The van der Waals surface area contributed by atoms with Crippen molar-refractivity contribution < 1.29 is 13.2 Å². The molecule has 0 aliphatic heterocycles. The minimum Gasteiger partial charge on any atom is -0.383 e. The maximum Gasteiger partial charge on any atom is 0.436 e. The monoisotopic (exact) mass is 218 g/mol. The molecule has 1 rings (SSSR count). The highest BCUT2D eigenvalue weighted by molar-refractivity contribution is 5.53. The van der Waals surface area contributed by atoms with E-state index < -0.39 is 17.4 Å². The first-order chi connectivity index (χ1) is 6.79. The number of rotatable bonds is 1. The van der Waals surface area contributed by atoms with E-state index in [1.54, 1.807) is 13.8 Å². The van der Waals surface area contributed by atoms with E-state index in [-0.39, 0.29) is 11.9 Å². The van der Waals surface area contributed by atoms with E-state index in [2.05, 4.69) is 5.10 Å². The fraction of sp³-hybridized carbons (Fsp3) is 0.500. The highest BCUT2D eigenvalue weighted by atomic mass is 19.4. The molecule has 0 aliphatic rings. The lowest BCUT2D eigenvalue weighted by atomic mass is 10.2. The molecule has 0 bridgehead atoms. The van der Waals surface area contributed by atoms with Crippen LogP contribution in [0.5, 0.6) is 0 Å². The molecular formula is C8H9F3N4. The predicted octanol–water partition coefficient (Wildman–Crippen LogP) is 1.94. The number of nitrogens with zero attached hydrogens (tertiary/aromatic N) is 3. The fourth-order valence-corrected chi connectivity index (χ4v) is 1.15. The molecule has 0 unspecified atom stereocenters. The Labute approximate surface area is 84.1 Å². The van der Waals surface area contributed by atoms with E-state index in [4.69, 9.17) is 11.0 Å². The second-order valence-corrected chi connectivity index (χ2v) is 3.26. The second kappa shape index (κ2) is 3.46. The van der Waals surface area contributed by atoms with E-state index in [0.29, 0.717) is 0 Å². The maximum atomic E-state index is 12.4. The summed E-state index contributed by atoms with van der Waals surface area (Å²) in [5.41, 5.74) is 3.55. The van der Waals surface area contributed by atoms with Gasteiger partial charge in [-0.15, -0.1) is 0 Å². The molecule has 0 fully saturated rings. The number of hydrogen-bond donors (Lipinski definition) is 1. The van der Waals surface area contributed by atoms with Crippen molar-refractivity contribution in [2.24, 2.45) is 0 Å². The van der Waals surface area contributed by atoms with Gasteiger partial charge < -0.3 is 5.73 Å². The summed E-state index contributed by atoms with van der Waals surface area (Å²) in [5.74, 6) is -0.250. The van der Waals surface area contributed by atoms with Crippen molar-refractivity contribution >= 4 is 5.82 Å². The Morgan fingerprint density at radius 1 is 1.47 bits per heavy atom. The van der Waals surface area contributed by atoms with Gasteiger partial charge in [0.05, 0.1) is 0 Å². The number of hydrogen-bond acceptors (Lipinski definition) is 3. The summed E-state index contributed by atoms with van der Waals surface area (Å²) in [6.45, 7) is 3.26. The molecule has 0 saturated carbocycles. The van der Waals surface area contributed by atoms with Crippen molar-refractivity contribution in [2.45, 2.75) is 26.1 Å². The van der Waals surface area contributed by atoms with Gasteiger partial charge in [-0.3, -0.25) is 0 Å². The lowest BCUT2D eigenvalue weighted by Crippen LogP contribution is -2.10. The average Bonchev–Trinajstić information content (AvgIpc) is 2.41. The Bertz CT molecular complexity index is 411. The highest BCUT2D eigenvalue weighted by Crippen LogP contribution is 2.33. The third-order valence-corrected chi connectivity index (χ3v) is 1.82. The molecule has 0 aromatic carbocycles. The van der Waals surface area contributed by atoms with Gasteiger partial charge in [-0.1, -0.05) is 0 Å². The molecule has 7 heteroatoms. The third-order valence-electron chi connectivity index (χ3n) is 1.82. The number of alkyl halides is 3. The van der Waals surface area contributed by atoms with E-state index in [0.717, 1.165) is 4.68 Å². The first-order valence-electron chi connectivity index (χ1n) is 4.14. The Hall–Kier alpha value is -1.71. The van der Waals surface area contributed by atoms with Gasteiger partial charge in [-0.25, -0.2) is 4.68 Å². The summed E-state index contributed by atoms with van der Waals surface area (Å²) < 4.78 is 38.2. The molecule has 0 radical (unpaired) electrons. The summed E-state index contributed by atoms with van der Waals surface area (Å²) in [7, 11) is 0. The number of aromatic nitrogens is 2. The quantitative estimate of drug-likeness (QED) is 0.783. The zero-order chi connectivity index (χ0) is 11.8. The molecule has 0 aliphatic carbocycles. The van der Waals surface area contributed by atoms with Crippen LogP contribution in [0.4, 0.5) is 19.0 Å². The van der Waals surface area contributed by atoms with Crippen LogP contribution >= 0.6 is 0 Å². The van der Waals surface area contributed by atoms with E-state index in [1.807, 2.05) is 0 Å². The number of nitrogen functional groups attached to an aromatic ring is 1. The molecular weight excluding hydrogens is 209 g/mol. The van der Waals surface area contributed by atoms with Crippen LogP contribution in [-0.2, 0) is 6.18 Å². The normalized spacial score (nSPS) is 11.8. The summed E-state index contributed by atoms with van der Waals surface area (Å²) >= 11 is 0. The topological polar surface area (TPSA) is 67.6 Å². The molecule has 4 nitrogen and oxygen atoms in total. The molecule has 0 saturated heterocycles. The van der Waals surface area contributed by atoms with Gasteiger partial charge in [0.15, 0.2) is 5.69 Å². The van der Waals surface area contributed by atoms with Gasteiger partial charge in [0, 0.05) is 6.04 Å². The summed E-state index contributed by atoms with van der Waals surface area (Å²) in [4.78, 5) is 0. The Kier molecular flexibility index (Phi) is 2.62. The SMILES string of the molecule is CC(C)n1nc(C(F)(F)F)c(C#N)c1N. The Morgan fingerprint density at radius 2 is 2.00 bits per heavy atom. The van der Waals surface area contributed by atoms with Gasteiger partial charge in [0.2, 0.25) is 0 Å². The standard InChI is InChI=1S/C8H9F3N4/c1-4(2)15-7(13)5(3-12)6(14-15)8(9,10)11/h4H,13H2,1-2H3. The Balaban J connectivity index is 3.43. The number of anilines is 1. The second-order valence-electron chi connectivity index (χ2n) is 3.26. The molecule has 15 heavy (non-hydrogen) atoms. The molecule has 0 amide bonds. The van der Waals surface area contributed by atoms with Gasteiger partial charge in [0.25, 0.3) is 0 Å². The van der Waals surface area contributed by atoms with E-state index in [1.165, 1.54) is 6.07 Å². The minimum atomic E-state index is -4.65. The maximum absolute atomic E-state index is 12.4. The van der Waals surface area contributed by atoms with Crippen LogP contribution in [-0.4, -0.2) is 9.78 Å². The fourth-order valence-electron chi connectivity index (χ4n) is 1.15. The van der Waals surface area contributed by atoms with Gasteiger partial charge in [-0.2, -0.15) is 23.5 Å². The van der Waals surface area contributed by atoms with Gasteiger partial charge in [0.1, 0.15) is 17.5 Å². The van der Waals surface area contributed by atoms with Crippen LogP contribution in [0.3, 0.4) is 0 Å². The Morgan fingerprint density at radius 3 is 2.27 bits per heavy atom. The van der Waals surface area contributed by atoms with E-state index in [9.17, 15) is 13.2 Å². The molecule has 2 N–H and O–H groups in total. The molecule has 1 aromatic rings. The average molecular weight is 218 g/mol. The van der Waals surface area contributed by atoms with Crippen LogP contribution in [0.25, 0.3) is 0 Å². The van der Waals surface area contributed by atoms with Crippen molar-refractivity contribution in [2.75, 3.05) is 5.73 Å².